The van der Waals surface area contributed by atoms with Crippen LogP contribution >= 0.6 is 12.2 Å². The van der Waals surface area contributed by atoms with E-state index in [4.69, 9.17) is 26.4 Å². The first-order valence-corrected chi connectivity index (χ1v) is 8.41. The molecule has 0 saturated heterocycles. The molecule has 2 aromatic rings. The molecule has 134 valence electrons. The molecule has 0 aromatic heterocycles. The number of hydrogen-bond donors (Lipinski definition) is 2. The van der Waals surface area contributed by atoms with Gasteiger partial charge in [-0.2, -0.15) is 0 Å². The van der Waals surface area contributed by atoms with Crippen molar-refractivity contribution < 1.29 is 14.2 Å². The Bertz CT molecular complexity index is 704. The maximum absolute atomic E-state index is 5.75. The molecular weight excluding hydrogens is 336 g/mol. The van der Waals surface area contributed by atoms with E-state index < -0.39 is 0 Å². The van der Waals surface area contributed by atoms with Crippen molar-refractivity contribution in [3.05, 3.63) is 48.0 Å². The lowest BCUT2D eigenvalue weighted by atomic mass is 10.2. The van der Waals surface area contributed by atoms with Crippen LogP contribution in [0.2, 0.25) is 0 Å². The average molecular weight is 360 g/mol. The van der Waals surface area contributed by atoms with Crippen molar-refractivity contribution >= 4 is 23.0 Å². The van der Waals surface area contributed by atoms with E-state index in [0.29, 0.717) is 23.2 Å². The smallest absolute Gasteiger partial charge is 0.171 e. The largest absolute Gasteiger partial charge is 0.493 e. The molecule has 0 aliphatic carbocycles. The first-order chi connectivity index (χ1) is 12.0. The summed E-state index contributed by atoms with van der Waals surface area (Å²) in [6, 6.07) is 13.6. The van der Waals surface area contributed by atoms with E-state index in [1.807, 2.05) is 56.3 Å². The number of rotatable bonds is 7. The Morgan fingerprint density at radius 2 is 1.72 bits per heavy atom. The molecule has 2 rings (SSSR count). The summed E-state index contributed by atoms with van der Waals surface area (Å²) < 4.78 is 16.3. The minimum Gasteiger partial charge on any atom is -0.493 e. The molecule has 1 atom stereocenters. The minimum atomic E-state index is 0.0569. The summed E-state index contributed by atoms with van der Waals surface area (Å²) in [4.78, 5) is 0. The summed E-state index contributed by atoms with van der Waals surface area (Å²) in [5.74, 6) is 2.16. The van der Waals surface area contributed by atoms with Gasteiger partial charge in [0.15, 0.2) is 16.6 Å². The fourth-order valence-electron chi connectivity index (χ4n) is 2.20. The van der Waals surface area contributed by atoms with Gasteiger partial charge in [-0.25, -0.2) is 0 Å². The standard InChI is InChI=1S/C19H24N2O3S/c1-13-5-8-16(9-6-13)24-12-14(2)20-19(25)21-15-7-10-17(22-3)18(11-15)23-4/h5-11,14H,12H2,1-4H3,(H2,20,21,25). The van der Waals surface area contributed by atoms with Gasteiger partial charge in [-0.15, -0.1) is 0 Å². The number of anilines is 1. The van der Waals surface area contributed by atoms with Gasteiger partial charge in [-0.1, -0.05) is 17.7 Å². The molecule has 0 aliphatic rings. The lowest BCUT2D eigenvalue weighted by Gasteiger charge is -2.18. The van der Waals surface area contributed by atoms with Gasteiger partial charge >= 0.3 is 0 Å². The van der Waals surface area contributed by atoms with Crippen molar-refractivity contribution in [2.45, 2.75) is 19.9 Å². The van der Waals surface area contributed by atoms with Crippen LogP contribution in [-0.2, 0) is 0 Å². The Morgan fingerprint density at radius 1 is 1.04 bits per heavy atom. The van der Waals surface area contributed by atoms with Gasteiger partial charge in [0.1, 0.15) is 12.4 Å². The van der Waals surface area contributed by atoms with Crippen LogP contribution in [0.15, 0.2) is 42.5 Å². The van der Waals surface area contributed by atoms with Crippen LogP contribution in [0.25, 0.3) is 0 Å². The number of aryl methyl sites for hydroxylation is 1. The third-order valence-electron chi connectivity index (χ3n) is 3.54. The topological polar surface area (TPSA) is 51.8 Å². The normalized spacial score (nSPS) is 11.4. The maximum Gasteiger partial charge on any atom is 0.171 e. The summed E-state index contributed by atoms with van der Waals surface area (Å²) >= 11 is 5.35. The van der Waals surface area contributed by atoms with E-state index in [0.717, 1.165) is 11.4 Å². The van der Waals surface area contributed by atoms with E-state index in [9.17, 15) is 0 Å². The van der Waals surface area contributed by atoms with Crippen LogP contribution in [0.5, 0.6) is 17.2 Å². The quantitative estimate of drug-likeness (QED) is 0.733. The first kappa shape index (κ1) is 18.9. The second-order valence-electron chi connectivity index (χ2n) is 5.69. The molecular formula is C19H24N2O3S. The molecule has 0 radical (unpaired) electrons. The lowest BCUT2D eigenvalue weighted by Crippen LogP contribution is -2.39. The molecule has 25 heavy (non-hydrogen) atoms. The van der Waals surface area contributed by atoms with Crippen LogP contribution in [0.1, 0.15) is 12.5 Å². The van der Waals surface area contributed by atoms with Crippen LogP contribution in [0.3, 0.4) is 0 Å². The SMILES string of the molecule is COc1ccc(NC(=S)NC(C)COc2ccc(C)cc2)cc1OC. The van der Waals surface area contributed by atoms with Crippen LogP contribution < -0.4 is 24.8 Å². The Labute approximate surface area is 154 Å². The maximum atomic E-state index is 5.75. The third kappa shape index (κ3) is 5.83. The van der Waals surface area contributed by atoms with E-state index in [2.05, 4.69) is 10.6 Å². The molecule has 2 N–H and O–H groups in total. The Balaban J connectivity index is 1.83. The molecule has 0 spiro atoms. The van der Waals surface area contributed by atoms with Gasteiger partial charge < -0.3 is 24.8 Å². The Morgan fingerprint density at radius 3 is 2.36 bits per heavy atom. The van der Waals surface area contributed by atoms with Crippen molar-refractivity contribution in [3.63, 3.8) is 0 Å². The van der Waals surface area contributed by atoms with Gasteiger partial charge in [-0.05, 0) is 50.3 Å². The van der Waals surface area contributed by atoms with E-state index in [-0.39, 0.29) is 6.04 Å². The molecule has 0 aliphatic heterocycles. The predicted molar refractivity (Wildman–Crippen MR) is 105 cm³/mol. The highest BCUT2D eigenvalue weighted by molar-refractivity contribution is 7.80. The molecule has 0 saturated carbocycles. The molecule has 0 bridgehead atoms. The van der Waals surface area contributed by atoms with Crippen LogP contribution in [-0.4, -0.2) is 32.0 Å². The molecule has 0 fully saturated rings. The molecule has 1 unspecified atom stereocenters. The molecule has 0 heterocycles. The summed E-state index contributed by atoms with van der Waals surface area (Å²) in [5, 5.41) is 6.85. The highest BCUT2D eigenvalue weighted by Crippen LogP contribution is 2.29. The number of hydrogen-bond acceptors (Lipinski definition) is 4. The fourth-order valence-corrected chi connectivity index (χ4v) is 2.52. The number of benzene rings is 2. The van der Waals surface area contributed by atoms with Crippen molar-refractivity contribution in [3.8, 4) is 17.2 Å². The highest BCUT2D eigenvalue weighted by atomic mass is 32.1. The summed E-state index contributed by atoms with van der Waals surface area (Å²) in [5.41, 5.74) is 2.03. The number of thiocarbonyl (C=S) groups is 1. The lowest BCUT2D eigenvalue weighted by molar-refractivity contribution is 0.287. The minimum absolute atomic E-state index is 0.0569. The van der Waals surface area contributed by atoms with Crippen molar-refractivity contribution in [1.82, 2.24) is 5.32 Å². The summed E-state index contributed by atoms with van der Waals surface area (Å²) in [7, 11) is 3.20. The monoisotopic (exact) mass is 360 g/mol. The zero-order valence-corrected chi connectivity index (χ0v) is 15.8. The number of methoxy groups -OCH3 is 2. The second-order valence-corrected chi connectivity index (χ2v) is 6.10. The van der Waals surface area contributed by atoms with Gasteiger partial charge in [-0.3, -0.25) is 0 Å². The van der Waals surface area contributed by atoms with Crippen LogP contribution in [0.4, 0.5) is 5.69 Å². The summed E-state index contributed by atoms with van der Waals surface area (Å²) in [6.07, 6.45) is 0. The number of nitrogens with one attached hydrogen (secondary N) is 2. The molecule has 6 heteroatoms. The fraction of sp³-hybridized carbons (Fsp3) is 0.316. The van der Waals surface area contributed by atoms with Gasteiger partial charge in [0.2, 0.25) is 0 Å². The summed E-state index contributed by atoms with van der Waals surface area (Å²) in [6.45, 7) is 4.57. The average Bonchev–Trinajstić information content (AvgIpc) is 2.61. The predicted octanol–water partition coefficient (Wildman–Crippen LogP) is 3.77. The van der Waals surface area contributed by atoms with Gasteiger partial charge in [0.25, 0.3) is 0 Å². The Kier molecular flexibility index (Phi) is 6.89. The molecule has 2 aromatic carbocycles. The van der Waals surface area contributed by atoms with Crippen molar-refractivity contribution in [2.24, 2.45) is 0 Å². The van der Waals surface area contributed by atoms with Gasteiger partial charge in [0, 0.05) is 11.8 Å². The zero-order chi connectivity index (χ0) is 18.2. The zero-order valence-electron chi connectivity index (χ0n) is 15.0. The molecule has 5 nitrogen and oxygen atoms in total. The van der Waals surface area contributed by atoms with Crippen LogP contribution in [0, 0.1) is 6.92 Å². The van der Waals surface area contributed by atoms with E-state index in [1.165, 1.54) is 5.56 Å². The number of ether oxygens (including phenoxy) is 3. The van der Waals surface area contributed by atoms with Crippen molar-refractivity contribution in [1.29, 1.82) is 0 Å². The van der Waals surface area contributed by atoms with Gasteiger partial charge in [0.05, 0.1) is 20.3 Å². The Hall–Kier alpha value is -2.47. The first-order valence-electron chi connectivity index (χ1n) is 8.01. The highest BCUT2D eigenvalue weighted by Gasteiger charge is 2.08. The van der Waals surface area contributed by atoms with Crippen molar-refractivity contribution in [2.75, 3.05) is 26.1 Å². The van der Waals surface area contributed by atoms with E-state index >= 15 is 0 Å². The molecule has 0 amide bonds. The van der Waals surface area contributed by atoms with E-state index in [1.54, 1.807) is 14.2 Å². The second kappa shape index (κ2) is 9.13. The third-order valence-corrected chi connectivity index (χ3v) is 3.76.